The predicted molar refractivity (Wildman–Crippen MR) is 104 cm³/mol. The average molecular weight is 373 g/mol. The number of carbonyl (C=O) groups is 1. The molecule has 0 aliphatic carbocycles. The first kappa shape index (κ1) is 19.1. The molecule has 3 aromatic heterocycles. The maximum absolute atomic E-state index is 13.1. The molecule has 8 nitrogen and oxygen atoms in total. The average Bonchev–Trinajstić information content (AvgIpc) is 3.09. The molecule has 0 amide bonds. The number of fused-ring (bicyclic) bond motifs is 3. The summed E-state index contributed by atoms with van der Waals surface area (Å²) < 4.78 is 6.15. The van der Waals surface area contributed by atoms with Gasteiger partial charge in [0.1, 0.15) is 0 Å². The molecular weight excluding hydrogens is 346 g/mol. The van der Waals surface area contributed by atoms with Crippen molar-refractivity contribution in [1.82, 2.24) is 23.1 Å². The smallest absolute Gasteiger partial charge is 0.311 e. The van der Waals surface area contributed by atoms with Crippen LogP contribution in [-0.4, -0.2) is 28.9 Å². The number of imidazole rings is 2. The molecule has 0 spiro atoms. The van der Waals surface area contributed by atoms with Crippen molar-refractivity contribution < 1.29 is 4.79 Å². The lowest BCUT2D eigenvalue weighted by Crippen LogP contribution is -2.42. The van der Waals surface area contributed by atoms with Gasteiger partial charge in [0.25, 0.3) is 5.56 Å². The number of Topliss-reactive ketones (excluding diaryl/α,β-unsaturated/α-hetero) is 1. The summed E-state index contributed by atoms with van der Waals surface area (Å²) in [6, 6.07) is 0.209. The van der Waals surface area contributed by atoms with Crippen LogP contribution in [0.1, 0.15) is 52.8 Å². The van der Waals surface area contributed by atoms with E-state index < -0.39 is 16.7 Å². The molecule has 8 heteroatoms. The molecule has 27 heavy (non-hydrogen) atoms. The van der Waals surface area contributed by atoms with Gasteiger partial charge < -0.3 is 4.57 Å². The van der Waals surface area contributed by atoms with Crippen LogP contribution in [0.4, 0.5) is 0 Å². The number of nitrogens with zero attached hydrogens (tertiary/aromatic N) is 5. The number of hydrogen-bond donors (Lipinski definition) is 0. The zero-order valence-electron chi connectivity index (χ0n) is 17.0. The minimum atomic E-state index is -0.636. The van der Waals surface area contributed by atoms with Crippen LogP contribution in [0.2, 0.25) is 0 Å². The second-order valence-corrected chi connectivity index (χ2v) is 8.26. The van der Waals surface area contributed by atoms with Crippen LogP contribution < -0.4 is 11.2 Å². The monoisotopic (exact) mass is 373 g/mol. The van der Waals surface area contributed by atoms with Crippen molar-refractivity contribution >= 4 is 22.7 Å². The minimum Gasteiger partial charge on any atom is -0.311 e. The SMILES string of the molecule is CC[C@@H](C)n1c(C)cn2c3c(=O)n(CC(=O)C(C)(C)C)c(=O)n(C)c3nc12. The van der Waals surface area contributed by atoms with Gasteiger partial charge in [-0.15, -0.1) is 0 Å². The lowest BCUT2D eigenvalue weighted by atomic mass is 9.91. The summed E-state index contributed by atoms with van der Waals surface area (Å²) in [5.74, 6) is 0.457. The molecule has 0 radical (unpaired) electrons. The van der Waals surface area contributed by atoms with E-state index in [1.54, 1.807) is 32.2 Å². The molecule has 0 fully saturated rings. The number of ketones is 1. The van der Waals surface area contributed by atoms with Crippen molar-refractivity contribution in [3.8, 4) is 0 Å². The molecule has 0 aromatic carbocycles. The Morgan fingerprint density at radius 2 is 1.89 bits per heavy atom. The Morgan fingerprint density at radius 3 is 2.44 bits per heavy atom. The van der Waals surface area contributed by atoms with Crippen LogP contribution >= 0.6 is 0 Å². The van der Waals surface area contributed by atoms with Crippen LogP contribution in [0.15, 0.2) is 15.8 Å². The van der Waals surface area contributed by atoms with E-state index >= 15 is 0 Å². The number of rotatable bonds is 4. The Hall–Kier alpha value is -2.64. The largest absolute Gasteiger partial charge is 0.332 e. The lowest BCUT2D eigenvalue weighted by Gasteiger charge is -2.17. The Kier molecular flexibility index (Phi) is 4.40. The highest BCUT2D eigenvalue weighted by Crippen LogP contribution is 2.22. The Balaban J connectivity index is 2.36. The summed E-state index contributed by atoms with van der Waals surface area (Å²) in [6.07, 6.45) is 2.77. The standard InChI is InChI=1S/C19H27N5O3/c1-8-11(2)24-12(3)9-22-14-15(20-17(22)24)21(7)18(27)23(16(14)26)10-13(25)19(4,5)6/h9,11H,8,10H2,1-7H3/t11-/m1/s1. The molecule has 3 aromatic rings. The zero-order valence-corrected chi connectivity index (χ0v) is 17.0. The van der Waals surface area contributed by atoms with E-state index in [0.29, 0.717) is 16.9 Å². The molecule has 0 unspecified atom stereocenters. The third-order valence-electron chi connectivity index (χ3n) is 5.24. The van der Waals surface area contributed by atoms with Crippen LogP contribution in [0.5, 0.6) is 0 Å². The lowest BCUT2D eigenvalue weighted by molar-refractivity contribution is -0.127. The second kappa shape index (κ2) is 6.21. The van der Waals surface area contributed by atoms with E-state index in [4.69, 9.17) is 0 Å². The van der Waals surface area contributed by atoms with Gasteiger partial charge in [-0.1, -0.05) is 27.7 Å². The third kappa shape index (κ3) is 2.83. The van der Waals surface area contributed by atoms with Gasteiger partial charge >= 0.3 is 5.69 Å². The zero-order chi connectivity index (χ0) is 20.3. The highest BCUT2D eigenvalue weighted by Gasteiger charge is 2.26. The number of aromatic nitrogens is 5. The summed E-state index contributed by atoms with van der Waals surface area (Å²) in [7, 11) is 1.58. The summed E-state index contributed by atoms with van der Waals surface area (Å²) in [5, 5.41) is 0. The maximum atomic E-state index is 13.1. The quantitative estimate of drug-likeness (QED) is 0.701. The molecular formula is C19H27N5O3. The number of hydrogen-bond acceptors (Lipinski definition) is 4. The highest BCUT2D eigenvalue weighted by atomic mass is 16.2. The van der Waals surface area contributed by atoms with Gasteiger partial charge in [0.15, 0.2) is 16.9 Å². The Labute approximate surface area is 157 Å². The van der Waals surface area contributed by atoms with Crippen molar-refractivity contribution in [2.45, 2.75) is 60.5 Å². The van der Waals surface area contributed by atoms with Crippen LogP contribution in [-0.2, 0) is 18.4 Å². The molecule has 0 aliphatic rings. The van der Waals surface area contributed by atoms with E-state index in [1.807, 2.05) is 13.1 Å². The van der Waals surface area contributed by atoms with Crippen LogP contribution in [0, 0.1) is 12.3 Å². The van der Waals surface area contributed by atoms with Crippen molar-refractivity contribution in [3.63, 3.8) is 0 Å². The molecule has 146 valence electrons. The highest BCUT2D eigenvalue weighted by molar-refractivity contribution is 5.84. The predicted octanol–water partition coefficient (Wildman–Crippen LogP) is 2.04. The van der Waals surface area contributed by atoms with Gasteiger partial charge in [-0.05, 0) is 20.3 Å². The van der Waals surface area contributed by atoms with Crippen molar-refractivity contribution in [2.75, 3.05) is 0 Å². The fourth-order valence-corrected chi connectivity index (χ4v) is 3.27. The van der Waals surface area contributed by atoms with E-state index in [9.17, 15) is 14.4 Å². The molecule has 3 rings (SSSR count). The van der Waals surface area contributed by atoms with E-state index in [2.05, 4.69) is 23.4 Å². The summed E-state index contributed by atoms with van der Waals surface area (Å²) in [5.41, 5.74) is -0.0187. The molecule has 3 heterocycles. The first-order valence-corrected chi connectivity index (χ1v) is 9.21. The van der Waals surface area contributed by atoms with Crippen LogP contribution in [0.25, 0.3) is 16.9 Å². The molecule has 0 aliphatic heterocycles. The fourth-order valence-electron chi connectivity index (χ4n) is 3.27. The Bertz CT molecular complexity index is 1170. The van der Waals surface area contributed by atoms with Gasteiger partial charge in [0, 0.05) is 30.4 Å². The third-order valence-corrected chi connectivity index (χ3v) is 5.24. The maximum Gasteiger partial charge on any atom is 0.332 e. The molecule has 0 saturated carbocycles. The van der Waals surface area contributed by atoms with Gasteiger partial charge in [-0.3, -0.25) is 23.1 Å². The molecule has 0 saturated heterocycles. The van der Waals surface area contributed by atoms with E-state index in [-0.39, 0.29) is 18.4 Å². The molecule has 0 bridgehead atoms. The van der Waals surface area contributed by atoms with E-state index in [0.717, 1.165) is 16.7 Å². The van der Waals surface area contributed by atoms with Gasteiger partial charge in [-0.25, -0.2) is 4.79 Å². The number of aryl methyl sites for hydroxylation is 2. The topological polar surface area (TPSA) is 83.3 Å². The Morgan fingerprint density at radius 1 is 1.26 bits per heavy atom. The molecule has 1 atom stereocenters. The fraction of sp³-hybridized carbons (Fsp3) is 0.579. The van der Waals surface area contributed by atoms with Gasteiger partial charge in [0.05, 0.1) is 6.54 Å². The van der Waals surface area contributed by atoms with Gasteiger partial charge in [0.2, 0.25) is 5.78 Å². The normalized spacial score (nSPS) is 13.6. The summed E-state index contributed by atoms with van der Waals surface area (Å²) in [6.45, 7) is 11.2. The summed E-state index contributed by atoms with van der Waals surface area (Å²) in [4.78, 5) is 42.9. The molecule has 0 N–H and O–H groups in total. The van der Waals surface area contributed by atoms with E-state index in [1.165, 1.54) is 4.57 Å². The first-order valence-electron chi connectivity index (χ1n) is 9.21. The first-order chi connectivity index (χ1) is 12.5. The minimum absolute atomic E-state index is 0.171. The van der Waals surface area contributed by atoms with Crippen molar-refractivity contribution in [3.05, 3.63) is 32.7 Å². The second-order valence-electron chi connectivity index (χ2n) is 8.26. The van der Waals surface area contributed by atoms with Crippen molar-refractivity contribution in [1.29, 1.82) is 0 Å². The summed E-state index contributed by atoms with van der Waals surface area (Å²) >= 11 is 0. The van der Waals surface area contributed by atoms with Crippen molar-refractivity contribution in [2.24, 2.45) is 12.5 Å². The number of carbonyl (C=O) groups excluding carboxylic acids is 1. The van der Waals surface area contributed by atoms with Gasteiger partial charge in [-0.2, -0.15) is 4.98 Å². The van der Waals surface area contributed by atoms with Crippen LogP contribution in [0.3, 0.4) is 0 Å².